The summed E-state index contributed by atoms with van der Waals surface area (Å²) in [4.78, 5) is 20.7. The molecule has 0 fully saturated rings. The van der Waals surface area contributed by atoms with Gasteiger partial charge in [-0.15, -0.1) is 11.3 Å². The molecule has 1 aliphatic rings. The van der Waals surface area contributed by atoms with E-state index in [1.54, 1.807) is 27.7 Å². The van der Waals surface area contributed by atoms with E-state index in [0.717, 1.165) is 61.2 Å². The minimum atomic E-state index is -0.228. The Morgan fingerprint density at radius 2 is 2.17 bits per heavy atom. The number of hydrogen-bond acceptors (Lipinski definition) is 5. The van der Waals surface area contributed by atoms with Gasteiger partial charge in [0.05, 0.1) is 23.3 Å². The molecule has 1 atom stereocenters. The fraction of sp³-hybridized carbons (Fsp3) is 0.391. The van der Waals surface area contributed by atoms with Crippen molar-refractivity contribution >= 4 is 33.3 Å². The van der Waals surface area contributed by atoms with E-state index in [2.05, 4.69) is 20.4 Å². The normalized spacial score (nSPS) is 18.8. The van der Waals surface area contributed by atoms with Crippen molar-refractivity contribution in [2.75, 3.05) is 5.75 Å². The number of nitrogens with zero attached hydrogens (tertiary/aromatic N) is 2. The first kappa shape index (κ1) is 20.4. The van der Waals surface area contributed by atoms with E-state index in [-0.39, 0.29) is 11.2 Å². The van der Waals surface area contributed by atoms with Crippen LogP contribution in [0.1, 0.15) is 43.2 Å². The van der Waals surface area contributed by atoms with Gasteiger partial charge >= 0.3 is 0 Å². The van der Waals surface area contributed by atoms with E-state index >= 15 is 0 Å². The highest BCUT2D eigenvalue weighted by Crippen LogP contribution is 2.39. The van der Waals surface area contributed by atoms with Crippen LogP contribution in [0.2, 0.25) is 0 Å². The Balaban J connectivity index is 1.99. The van der Waals surface area contributed by atoms with Gasteiger partial charge in [-0.05, 0) is 44.4 Å². The molecule has 4 rings (SSSR count). The lowest BCUT2D eigenvalue weighted by Gasteiger charge is -2.32. The van der Waals surface area contributed by atoms with Crippen molar-refractivity contribution in [1.82, 2.24) is 9.55 Å². The maximum atomic E-state index is 13.8. The van der Waals surface area contributed by atoms with Crippen LogP contribution in [0, 0.1) is 6.92 Å². The Kier molecular flexibility index (Phi) is 5.44. The predicted octanol–water partition coefficient (Wildman–Crippen LogP) is 5.67. The maximum Gasteiger partial charge on any atom is 0.267 e. The van der Waals surface area contributed by atoms with Gasteiger partial charge in [0.15, 0.2) is 5.16 Å². The molecule has 4 nitrogen and oxygen atoms in total. The Morgan fingerprint density at radius 1 is 1.41 bits per heavy atom. The zero-order chi connectivity index (χ0) is 20.8. The van der Waals surface area contributed by atoms with Crippen LogP contribution in [0.15, 0.2) is 46.4 Å². The van der Waals surface area contributed by atoms with Crippen LogP contribution in [0.5, 0.6) is 0 Å². The van der Waals surface area contributed by atoms with E-state index < -0.39 is 0 Å². The van der Waals surface area contributed by atoms with Gasteiger partial charge < -0.3 is 4.74 Å². The molecule has 0 N–H and O–H groups in total. The molecule has 29 heavy (non-hydrogen) atoms. The Morgan fingerprint density at radius 3 is 2.86 bits per heavy atom. The minimum Gasteiger partial charge on any atom is -0.369 e. The molecule has 1 aromatic carbocycles. The summed E-state index contributed by atoms with van der Waals surface area (Å²) in [5.41, 5.74) is 3.91. The lowest BCUT2D eigenvalue weighted by atomic mass is 9.90. The van der Waals surface area contributed by atoms with E-state index in [4.69, 9.17) is 9.72 Å². The van der Waals surface area contributed by atoms with Crippen LogP contribution in [0.4, 0.5) is 0 Å². The van der Waals surface area contributed by atoms with Crippen molar-refractivity contribution in [2.24, 2.45) is 0 Å². The minimum absolute atomic E-state index is 0.0198. The van der Waals surface area contributed by atoms with E-state index in [0.29, 0.717) is 6.61 Å². The molecule has 0 amide bonds. The number of hydrogen-bond donors (Lipinski definition) is 0. The standard InChI is InChI=1S/C23H26N2O2S2/c1-6-23(5)11-16-18(12-27-23)29-20-19(16)21(26)25(17-10-8-7-9-15(17)4)22(24-20)28-13-14(2)3/h7-10H,2,6,11-13H2,1,3-5H3. The van der Waals surface area contributed by atoms with E-state index in [1.165, 1.54) is 0 Å². The molecule has 0 saturated carbocycles. The van der Waals surface area contributed by atoms with Crippen molar-refractivity contribution in [1.29, 1.82) is 0 Å². The number of thioether (sulfide) groups is 1. The Labute approximate surface area is 179 Å². The lowest BCUT2D eigenvalue weighted by Crippen LogP contribution is -2.34. The van der Waals surface area contributed by atoms with Gasteiger partial charge in [-0.1, -0.05) is 49.0 Å². The second-order valence-corrected chi connectivity index (χ2v) is 10.0. The SMILES string of the molecule is C=C(C)CSc1nc2sc3c(c2c(=O)n1-c1ccccc1C)CC(C)(CC)OC3. The van der Waals surface area contributed by atoms with Gasteiger partial charge in [-0.25, -0.2) is 4.98 Å². The van der Waals surface area contributed by atoms with Crippen LogP contribution < -0.4 is 5.56 Å². The molecule has 1 aliphatic heterocycles. The monoisotopic (exact) mass is 426 g/mol. The average Bonchev–Trinajstić information content (AvgIpc) is 3.05. The molecule has 0 radical (unpaired) electrons. The molecule has 3 aromatic rings. The van der Waals surface area contributed by atoms with Crippen molar-refractivity contribution in [3.05, 3.63) is 62.8 Å². The Hall–Kier alpha value is -1.89. The second-order valence-electron chi connectivity index (χ2n) is 8.02. The molecular weight excluding hydrogens is 400 g/mol. The van der Waals surface area contributed by atoms with E-state index in [1.807, 2.05) is 38.1 Å². The summed E-state index contributed by atoms with van der Waals surface area (Å²) in [6.45, 7) is 12.8. The first-order valence-electron chi connectivity index (χ1n) is 9.87. The first-order chi connectivity index (χ1) is 13.8. The summed E-state index contributed by atoms with van der Waals surface area (Å²) in [7, 11) is 0. The number of para-hydroxylation sites is 1. The number of ether oxygens (including phenoxy) is 1. The van der Waals surface area contributed by atoms with Gasteiger partial charge in [0.1, 0.15) is 4.83 Å². The highest BCUT2D eigenvalue weighted by Gasteiger charge is 2.33. The molecular formula is C23H26N2O2S2. The molecule has 0 aliphatic carbocycles. The summed E-state index contributed by atoms with van der Waals surface area (Å²) in [5, 5.41) is 1.48. The lowest BCUT2D eigenvalue weighted by molar-refractivity contribution is -0.0543. The summed E-state index contributed by atoms with van der Waals surface area (Å²) >= 11 is 3.16. The molecule has 0 spiro atoms. The van der Waals surface area contributed by atoms with Crippen LogP contribution in [-0.4, -0.2) is 20.9 Å². The summed E-state index contributed by atoms with van der Waals surface area (Å²) in [5.74, 6) is 0.728. The van der Waals surface area contributed by atoms with Crippen molar-refractivity contribution in [3.63, 3.8) is 0 Å². The smallest absolute Gasteiger partial charge is 0.267 e. The van der Waals surface area contributed by atoms with Gasteiger partial charge in [0.2, 0.25) is 0 Å². The van der Waals surface area contributed by atoms with E-state index in [9.17, 15) is 4.79 Å². The summed E-state index contributed by atoms with van der Waals surface area (Å²) in [6.07, 6.45) is 1.66. The Bertz CT molecular complexity index is 1160. The molecule has 2 aromatic heterocycles. The van der Waals surface area contributed by atoms with Gasteiger partial charge in [-0.3, -0.25) is 9.36 Å². The van der Waals surface area contributed by atoms with Crippen LogP contribution in [-0.2, 0) is 17.8 Å². The highest BCUT2D eigenvalue weighted by atomic mass is 32.2. The molecule has 152 valence electrons. The molecule has 0 bridgehead atoms. The third-order valence-corrected chi connectivity index (χ3v) is 7.80. The molecule has 6 heteroatoms. The van der Waals surface area contributed by atoms with Gasteiger partial charge in [-0.2, -0.15) is 0 Å². The predicted molar refractivity (Wildman–Crippen MR) is 123 cm³/mol. The van der Waals surface area contributed by atoms with Gasteiger partial charge in [0.25, 0.3) is 5.56 Å². The maximum absolute atomic E-state index is 13.8. The third-order valence-electron chi connectivity index (χ3n) is 5.53. The van der Waals surface area contributed by atoms with Crippen LogP contribution in [0.25, 0.3) is 15.9 Å². The summed E-state index contributed by atoms with van der Waals surface area (Å²) < 4.78 is 7.90. The number of fused-ring (bicyclic) bond motifs is 3. The van der Waals surface area contributed by atoms with Crippen molar-refractivity contribution < 1.29 is 4.74 Å². The molecule has 0 saturated heterocycles. The third kappa shape index (κ3) is 3.69. The average molecular weight is 427 g/mol. The van der Waals surface area contributed by atoms with Crippen molar-refractivity contribution in [2.45, 2.75) is 57.9 Å². The number of aryl methyl sites for hydroxylation is 1. The van der Waals surface area contributed by atoms with Crippen LogP contribution in [0.3, 0.4) is 0 Å². The topological polar surface area (TPSA) is 44.1 Å². The number of aromatic nitrogens is 2. The quantitative estimate of drug-likeness (QED) is 0.300. The van der Waals surface area contributed by atoms with Crippen molar-refractivity contribution in [3.8, 4) is 5.69 Å². The molecule has 1 unspecified atom stereocenters. The number of rotatable bonds is 5. The largest absolute Gasteiger partial charge is 0.369 e. The second kappa shape index (κ2) is 7.74. The van der Waals surface area contributed by atoms with Crippen LogP contribution >= 0.6 is 23.1 Å². The molecule has 3 heterocycles. The highest BCUT2D eigenvalue weighted by molar-refractivity contribution is 7.99. The zero-order valence-electron chi connectivity index (χ0n) is 17.4. The fourth-order valence-electron chi connectivity index (χ4n) is 3.64. The first-order valence-corrected chi connectivity index (χ1v) is 11.7. The number of thiophene rings is 1. The fourth-order valence-corrected chi connectivity index (χ4v) is 5.63. The number of benzene rings is 1. The van der Waals surface area contributed by atoms with Gasteiger partial charge in [0, 0.05) is 17.1 Å². The zero-order valence-corrected chi connectivity index (χ0v) is 19.0. The summed E-state index contributed by atoms with van der Waals surface area (Å²) in [6, 6.07) is 7.99.